The molecular formula is C29H45BrN2O2. The standard InChI is InChI=1S/C28H41BrN2O.CH4O/c1-5-23(20-27(6-2)30-21-22(3)4)24-15-18-31(19-16-24)17-8-7-12-28(32)25-10-9-11-26(29)14-13-25;1-2/h5-6,9,11,13-14,20,22,24,30H,1,7-8,10,12,15-19,21H2,2-4H3;2H,1H3/b23-20+,27-6+;. The van der Waals surface area contributed by atoms with Gasteiger partial charge in [-0.25, -0.2) is 0 Å². The Hall–Kier alpha value is -1.69. The van der Waals surface area contributed by atoms with Crippen molar-refractivity contribution in [2.24, 2.45) is 11.8 Å². The minimum atomic E-state index is 0.290. The molecule has 2 aliphatic rings. The SMILES string of the molecule is C=C/C(=C\C(=C/C)NCC(C)C)C1CCN(CCCCC(=O)C2=CC=C(Br)C=CC2)CC1.CO. The zero-order valence-corrected chi connectivity index (χ0v) is 23.2. The van der Waals surface area contributed by atoms with E-state index in [1.54, 1.807) is 0 Å². The first-order chi connectivity index (χ1) is 16.4. The molecule has 34 heavy (non-hydrogen) atoms. The summed E-state index contributed by atoms with van der Waals surface area (Å²) in [6.07, 6.45) is 20.3. The number of nitrogens with zero attached hydrogens (tertiary/aromatic N) is 1. The Morgan fingerprint density at radius 2 is 1.97 bits per heavy atom. The molecule has 0 aromatic heterocycles. The van der Waals surface area contributed by atoms with Crippen molar-refractivity contribution < 1.29 is 9.90 Å². The number of ketones is 1. The Balaban J connectivity index is 0.00000281. The number of hydrogen-bond donors (Lipinski definition) is 2. The second-order valence-electron chi connectivity index (χ2n) is 9.21. The number of likely N-dealkylation sites (tertiary alicyclic amines) is 1. The second-order valence-corrected chi connectivity index (χ2v) is 10.1. The molecule has 0 spiro atoms. The van der Waals surface area contributed by atoms with Gasteiger partial charge in [0.2, 0.25) is 0 Å². The number of unbranched alkanes of at least 4 members (excludes halogenated alkanes) is 1. The van der Waals surface area contributed by atoms with Gasteiger partial charge in [0.05, 0.1) is 0 Å². The number of nitrogens with one attached hydrogen (secondary N) is 1. The number of aliphatic hydroxyl groups excluding tert-OH is 1. The van der Waals surface area contributed by atoms with E-state index in [0.29, 0.717) is 24.0 Å². The highest BCUT2D eigenvalue weighted by Crippen LogP contribution is 2.26. The minimum absolute atomic E-state index is 0.290. The number of carbonyl (C=O) groups is 1. The van der Waals surface area contributed by atoms with Crippen LogP contribution in [0.15, 0.2) is 70.4 Å². The zero-order chi connectivity index (χ0) is 25.3. The van der Waals surface area contributed by atoms with E-state index in [-0.39, 0.29) is 0 Å². The van der Waals surface area contributed by atoms with Gasteiger partial charge in [-0.15, -0.1) is 0 Å². The van der Waals surface area contributed by atoms with E-state index in [1.807, 2.05) is 30.4 Å². The largest absolute Gasteiger partial charge is 0.400 e. The van der Waals surface area contributed by atoms with Gasteiger partial charge in [-0.1, -0.05) is 66.7 Å². The Morgan fingerprint density at radius 3 is 2.59 bits per heavy atom. The highest BCUT2D eigenvalue weighted by Gasteiger charge is 2.21. The van der Waals surface area contributed by atoms with E-state index in [0.717, 1.165) is 62.6 Å². The molecule has 2 N–H and O–H groups in total. The zero-order valence-electron chi connectivity index (χ0n) is 21.7. The number of piperidine rings is 1. The van der Waals surface area contributed by atoms with Crippen LogP contribution in [0.1, 0.15) is 59.3 Å². The van der Waals surface area contributed by atoms with Crippen LogP contribution in [0.4, 0.5) is 0 Å². The van der Waals surface area contributed by atoms with Crippen LogP contribution in [0.5, 0.6) is 0 Å². The van der Waals surface area contributed by atoms with E-state index in [4.69, 9.17) is 5.11 Å². The van der Waals surface area contributed by atoms with Crippen LogP contribution in [0.25, 0.3) is 0 Å². The minimum Gasteiger partial charge on any atom is -0.400 e. The lowest BCUT2D eigenvalue weighted by Crippen LogP contribution is -2.35. The van der Waals surface area contributed by atoms with Crippen LogP contribution in [-0.2, 0) is 4.79 Å². The first kappa shape index (κ1) is 30.3. The Morgan fingerprint density at radius 1 is 1.26 bits per heavy atom. The van der Waals surface area contributed by atoms with Gasteiger partial charge in [0.1, 0.15) is 0 Å². The number of rotatable bonds is 12. The van der Waals surface area contributed by atoms with Crippen molar-refractivity contribution >= 4 is 21.7 Å². The molecule has 0 unspecified atom stereocenters. The second kappa shape index (κ2) is 17.7. The van der Waals surface area contributed by atoms with Gasteiger partial charge >= 0.3 is 0 Å². The molecule has 0 saturated carbocycles. The number of Topliss-reactive ketones (excluding diaryl/α,β-unsaturated/α-hetero) is 1. The predicted molar refractivity (Wildman–Crippen MR) is 150 cm³/mol. The average Bonchev–Trinajstić information content (AvgIpc) is 3.08. The lowest BCUT2D eigenvalue weighted by Gasteiger charge is -2.32. The van der Waals surface area contributed by atoms with Crippen LogP contribution in [0.3, 0.4) is 0 Å². The van der Waals surface area contributed by atoms with Crippen LogP contribution >= 0.6 is 15.9 Å². The molecule has 1 saturated heterocycles. The van der Waals surface area contributed by atoms with E-state index in [2.05, 4.69) is 65.6 Å². The molecular weight excluding hydrogens is 488 g/mol. The van der Waals surface area contributed by atoms with Gasteiger partial charge in [0, 0.05) is 30.3 Å². The summed E-state index contributed by atoms with van der Waals surface area (Å²) < 4.78 is 1.02. The van der Waals surface area contributed by atoms with Crippen molar-refractivity contribution in [2.45, 2.75) is 59.3 Å². The van der Waals surface area contributed by atoms with Gasteiger partial charge in [0.15, 0.2) is 5.78 Å². The summed E-state index contributed by atoms with van der Waals surface area (Å²) in [5.74, 6) is 1.51. The highest BCUT2D eigenvalue weighted by atomic mass is 79.9. The van der Waals surface area contributed by atoms with Crippen molar-refractivity contribution in [1.29, 1.82) is 0 Å². The molecule has 0 aromatic rings. The summed E-state index contributed by atoms with van der Waals surface area (Å²) >= 11 is 3.47. The predicted octanol–water partition coefficient (Wildman–Crippen LogP) is 6.47. The third-order valence-electron chi connectivity index (χ3n) is 6.19. The van der Waals surface area contributed by atoms with Crippen molar-refractivity contribution in [3.8, 4) is 0 Å². The first-order valence-corrected chi connectivity index (χ1v) is 13.4. The van der Waals surface area contributed by atoms with Crippen molar-refractivity contribution in [2.75, 3.05) is 33.3 Å². The maximum absolute atomic E-state index is 12.5. The van der Waals surface area contributed by atoms with Gasteiger partial charge in [0.25, 0.3) is 0 Å². The van der Waals surface area contributed by atoms with Gasteiger partial charge in [-0.3, -0.25) is 4.79 Å². The van der Waals surface area contributed by atoms with Gasteiger partial charge < -0.3 is 15.3 Å². The molecule has 0 radical (unpaired) electrons. The summed E-state index contributed by atoms with van der Waals surface area (Å²) in [5.41, 5.74) is 3.47. The van der Waals surface area contributed by atoms with Gasteiger partial charge in [-0.2, -0.15) is 0 Å². The fourth-order valence-electron chi connectivity index (χ4n) is 4.16. The van der Waals surface area contributed by atoms with E-state index < -0.39 is 0 Å². The smallest absolute Gasteiger partial charge is 0.159 e. The average molecular weight is 534 g/mol. The number of halogens is 1. The lowest BCUT2D eigenvalue weighted by molar-refractivity contribution is -0.115. The molecule has 4 nitrogen and oxygen atoms in total. The molecule has 0 aromatic carbocycles. The lowest BCUT2D eigenvalue weighted by atomic mass is 9.88. The van der Waals surface area contributed by atoms with Gasteiger partial charge in [-0.05, 0) is 93.8 Å². The molecule has 0 amide bonds. The number of hydrogen-bond acceptors (Lipinski definition) is 4. The molecule has 0 bridgehead atoms. The summed E-state index contributed by atoms with van der Waals surface area (Å²) in [5, 5.41) is 10.5. The number of aliphatic hydroxyl groups is 1. The fraction of sp³-hybridized carbons (Fsp3) is 0.552. The Bertz CT molecular complexity index is 782. The monoisotopic (exact) mass is 532 g/mol. The normalized spacial score (nSPS) is 18.0. The molecule has 190 valence electrons. The summed E-state index contributed by atoms with van der Waals surface area (Å²) in [6, 6.07) is 0. The Kier molecular flexibility index (Phi) is 15.8. The van der Waals surface area contributed by atoms with Crippen molar-refractivity contribution in [1.82, 2.24) is 10.2 Å². The van der Waals surface area contributed by atoms with Crippen LogP contribution in [0, 0.1) is 11.8 Å². The molecule has 1 heterocycles. The molecule has 1 aliphatic carbocycles. The van der Waals surface area contributed by atoms with Crippen molar-refractivity contribution in [3.05, 3.63) is 70.4 Å². The molecule has 5 heteroatoms. The molecule has 1 aliphatic heterocycles. The third kappa shape index (κ3) is 11.6. The van der Waals surface area contributed by atoms with Crippen LogP contribution in [-0.4, -0.2) is 49.1 Å². The summed E-state index contributed by atoms with van der Waals surface area (Å²) in [6.45, 7) is 15.0. The highest BCUT2D eigenvalue weighted by molar-refractivity contribution is 9.11. The molecule has 0 atom stereocenters. The topological polar surface area (TPSA) is 52.6 Å². The fourth-order valence-corrected chi connectivity index (χ4v) is 4.48. The third-order valence-corrected chi connectivity index (χ3v) is 6.72. The van der Waals surface area contributed by atoms with Crippen LogP contribution < -0.4 is 5.32 Å². The van der Waals surface area contributed by atoms with Crippen molar-refractivity contribution in [3.63, 3.8) is 0 Å². The maximum Gasteiger partial charge on any atom is 0.159 e. The summed E-state index contributed by atoms with van der Waals surface area (Å²) in [7, 11) is 1.00. The first-order valence-electron chi connectivity index (χ1n) is 12.6. The molecule has 2 rings (SSSR count). The Labute approximate surface area is 216 Å². The maximum atomic E-state index is 12.5. The quantitative estimate of drug-likeness (QED) is 0.223. The van der Waals surface area contributed by atoms with E-state index >= 15 is 0 Å². The van der Waals surface area contributed by atoms with E-state index in [9.17, 15) is 4.79 Å². The number of allylic oxidation sites excluding steroid dienone is 10. The number of carbonyl (C=O) groups excluding carboxylic acids is 1. The van der Waals surface area contributed by atoms with Crippen LogP contribution in [0.2, 0.25) is 0 Å². The van der Waals surface area contributed by atoms with E-state index in [1.165, 1.54) is 24.1 Å². The summed E-state index contributed by atoms with van der Waals surface area (Å²) in [4.78, 5) is 15.0. The molecule has 1 fully saturated rings.